The quantitative estimate of drug-likeness (QED) is 0.432. The van der Waals surface area contributed by atoms with Crippen molar-refractivity contribution in [3.8, 4) is 17.0 Å². The normalized spacial score (nSPS) is 10.8. The Bertz CT molecular complexity index is 952. The molecular formula is C25H30N2O2. The second kappa shape index (κ2) is 10.6. The van der Waals surface area contributed by atoms with Crippen LogP contribution in [0.5, 0.6) is 5.75 Å². The van der Waals surface area contributed by atoms with Crippen LogP contribution in [0.2, 0.25) is 0 Å². The van der Waals surface area contributed by atoms with Crippen molar-refractivity contribution in [2.75, 3.05) is 13.7 Å². The van der Waals surface area contributed by atoms with Crippen LogP contribution in [-0.4, -0.2) is 24.5 Å². The number of rotatable bonds is 10. The maximum atomic E-state index is 12.9. The van der Waals surface area contributed by atoms with E-state index in [1.807, 2.05) is 54.6 Å². The van der Waals surface area contributed by atoms with Crippen LogP contribution in [0.1, 0.15) is 55.8 Å². The van der Waals surface area contributed by atoms with Gasteiger partial charge in [-0.15, -0.1) is 0 Å². The molecule has 0 radical (unpaired) electrons. The number of hydrogen-bond donors (Lipinski definition) is 1. The van der Waals surface area contributed by atoms with Gasteiger partial charge in [0.2, 0.25) is 0 Å². The lowest BCUT2D eigenvalue weighted by molar-refractivity contribution is 0.0954. The Morgan fingerprint density at radius 1 is 0.966 bits per heavy atom. The third-order valence-corrected chi connectivity index (χ3v) is 5.14. The smallest absolute Gasteiger partial charge is 0.252 e. The largest absolute Gasteiger partial charge is 0.497 e. The van der Waals surface area contributed by atoms with Crippen molar-refractivity contribution in [1.29, 1.82) is 0 Å². The fourth-order valence-electron chi connectivity index (χ4n) is 3.50. The van der Waals surface area contributed by atoms with Crippen molar-refractivity contribution in [1.82, 2.24) is 10.3 Å². The highest BCUT2D eigenvalue weighted by molar-refractivity contribution is 6.07. The van der Waals surface area contributed by atoms with Crippen molar-refractivity contribution >= 4 is 16.8 Å². The standard InChI is InChI=1S/C25H30N2O2/c1-3-4-5-6-7-10-16-26-25(28)22-18-24(19-12-11-13-20(17-19)29-2)27-23-15-9-8-14-21(22)23/h8-9,11-15,17-18H,3-7,10,16H2,1-2H3,(H,26,28). The highest BCUT2D eigenvalue weighted by Gasteiger charge is 2.14. The van der Waals surface area contributed by atoms with E-state index in [9.17, 15) is 4.79 Å². The van der Waals surface area contributed by atoms with E-state index in [-0.39, 0.29) is 5.91 Å². The molecule has 0 atom stereocenters. The monoisotopic (exact) mass is 390 g/mol. The van der Waals surface area contributed by atoms with Gasteiger partial charge in [-0.3, -0.25) is 4.79 Å². The SMILES string of the molecule is CCCCCCCCNC(=O)c1cc(-c2cccc(OC)c2)nc2ccccc12. The molecular weight excluding hydrogens is 360 g/mol. The van der Waals surface area contributed by atoms with Crippen molar-refractivity contribution in [3.05, 3.63) is 60.2 Å². The summed E-state index contributed by atoms with van der Waals surface area (Å²) in [5.41, 5.74) is 3.18. The van der Waals surface area contributed by atoms with Gasteiger partial charge in [-0.05, 0) is 30.7 Å². The van der Waals surface area contributed by atoms with Gasteiger partial charge < -0.3 is 10.1 Å². The van der Waals surface area contributed by atoms with E-state index in [2.05, 4.69) is 12.2 Å². The lowest BCUT2D eigenvalue weighted by Crippen LogP contribution is -2.24. The fourth-order valence-corrected chi connectivity index (χ4v) is 3.50. The summed E-state index contributed by atoms with van der Waals surface area (Å²) < 4.78 is 5.33. The minimum atomic E-state index is -0.0405. The Kier molecular flexibility index (Phi) is 7.62. The zero-order valence-corrected chi connectivity index (χ0v) is 17.4. The van der Waals surface area contributed by atoms with Crippen molar-refractivity contribution in [2.45, 2.75) is 45.4 Å². The molecule has 0 saturated heterocycles. The molecule has 152 valence electrons. The van der Waals surface area contributed by atoms with Crippen LogP contribution in [0, 0.1) is 0 Å². The highest BCUT2D eigenvalue weighted by Crippen LogP contribution is 2.27. The summed E-state index contributed by atoms with van der Waals surface area (Å²) in [6.45, 7) is 2.93. The molecule has 2 aromatic carbocycles. The van der Waals surface area contributed by atoms with E-state index in [0.29, 0.717) is 12.1 Å². The number of nitrogens with one attached hydrogen (secondary N) is 1. The van der Waals surface area contributed by atoms with Crippen LogP contribution < -0.4 is 10.1 Å². The van der Waals surface area contributed by atoms with Crippen molar-refractivity contribution in [2.24, 2.45) is 0 Å². The fraction of sp³-hybridized carbons (Fsp3) is 0.360. The maximum Gasteiger partial charge on any atom is 0.252 e. The second-order valence-electron chi connectivity index (χ2n) is 7.33. The van der Waals surface area contributed by atoms with Gasteiger partial charge in [-0.1, -0.05) is 69.4 Å². The number of unbranched alkanes of at least 4 members (excludes halogenated alkanes) is 5. The molecule has 0 bridgehead atoms. The van der Waals surface area contributed by atoms with Crippen LogP contribution in [-0.2, 0) is 0 Å². The van der Waals surface area contributed by atoms with Gasteiger partial charge >= 0.3 is 0 Å². The molecule has 0 spiro atoms. The average Bonchev–Trinajstić information content (AvgIpc) is 2.77. The second-order valence-corrected chi connectivity index (χ2v) is 7.33. The predicted octanol–water partition coefficient (Wildman–Crippen LogP) is 6.00. The average molecular weight is 391 g/mol. The molecule has 0 saturated carbocycles. The number of amides is 1. The molecule has 1 N–H and O–H groups in total. The Balaban J connectivity index is 1.78. The van der Waals surface area contributed by atoms with Crippen LogP contribution in [0.15, 0.2) is 54.6 Å². The first-order chi connectivity index (χ1) is 14.2. The summed E-state index contributed by atoms with van der Waals surface area (Å²) in [5.74, 6) is 0.729. The van der Waals surface area contributed by atoms with E-state index >= 15 is 0 Å². The third-order valence-electron chi connectivity index (χ3n) is 5.14. The number of nitrogens with zero attached hydrogens (tertiary/aromatic N) is 1. The molecule has 29 heavy (non-hydrogen) atoms. The molecule has 3 rings (SSSR count). The summed E-state index contributed by atoms with van der Waals surface area (Å²) in [5, 5.41) is 3.97. The number of hydrogen-bond acceptors (Lipinski definition) is 3. The highest BCUT2D eigenvalue weighted by atomic mass is 16.5. The van der Waals surface area contributed by atoms with Crippen molar-refractivity contribution < 1.29 is 9.53 Å². The van der Waals surface area contributed by atoms with Crippen LogP contribution in [0.3, 0.4) is 0 Å². The Morgan fingerprint density at radius 2 is 1.76 bits per heavy atom. The maximum absolute atomic E-state index is 12.9. The van der Waals surface area contributed by atoms with Gasteiger partial charge in [0.05, 0.1) is 23.9 Å². The van der Waals surface area contributed by atoms with E-state index in [1.165, 1.54) is 25.7 Å². The Hall–Kier alpha value is -2.88. The number of fused-ring (bicyclic) bond motifs is 1. The van der Waals surface area contributed by atoms with E-state index in [4.69, 9.17) is 9.72 Å². The lowest BCUT2D eigenvalue weighted by Gasteiger charge is -2.11. The van der Waals surface area contributed by atoms with Crippen LogP contribution in [0.4, 0.5) is 0 Å². The summed E-state index contributed by atoms with van der Waals surface area (Å²) in [7, 11) is 1.65. The molecule has 0 aliphatic rings. The van der Waals surface area contributed by atoms with Gasteiger partial charge in [-0.25, -0.2) is 4.98 Å². The first kappa shape index (κ1) is 20.8. The number of pyridine rings is 1. The third kappa shape index (κ3) is 5.57. The molecule has 1 aromatic heterocycles. The van der Waals surface area contributed by atoms with Gasteiger partial charge in [0.25, 0.3) is 5.91 Å². The van der Waals surface area contributed by atoms with E-state index < -0.39 is 0 Å². The minimum Gasteiger partial charge on any atom is -0.497 e. The van der Waals surface area contributed by atoms with Gasteiger partial charge in [0.1, 0.15) is 5.75 Å². The summed E-state index contributed by atoms with van der Waals surface area (Å²) in [4.78, 5) is 17.7. The van der Waals surface area contributed by atoms with Crippen LogP contribution >= 0.6 is 0 Å². The summed E-state index contributed by atoms with van der Waals surface area (Å²) in [6, 6.07) is 17.4. The van der Waals surface area contributed by atoms with Crippen molar-refractivity contribution in [3.63, 3.8) is 0 Å². The zero-order chi connectivity index (χ0) is 20.5. The lowest BCUT2D eigenvalue weighted by atomic mass is 10.0. The van der Waals surface area contributed by atoms with Crippen LogP contribution in [0.25, 0.3) is 22.2 Å². The molecule has 1 heterocycles. The van der Waals surface area contributed by atoms with Gasteiger partial charge in [0.15, 0.2) is 0 Å². The topological polar surface area (TPSA) is 51.2 Å². The zero-order valence-electron chi connectivity index (χ0n) is 17.4. The summed E-state index contributed by atoms with van der Waals surface area (Å²) in [6.07, 6.45) is 7.24. The van der Waals surface area contributed by atoms with Gasteiger partial charge in [-0.2, -0.15) is 0 Å². The number of ether oxygens (including phenoxy) is 1. The summed E-state index contributed by atoms with van der Waals surface area (Å²) >= 11 is 0. The molecule has 0 fully saturated rings. The molecule has 1 amide bonds. The van der Waals surface area contributed by atoms with E-state index in [0.717, 1.165) is 40.8 Å². The number of aromatic nitrogens is 1. The number of carbonyl (C=O) groups is 1. The molecule has 0 aliphatic heterocycles. The molecule has 0 unspecified atom stereocenters. The number of methoxy groups -OCH3 is 1. The number of benzene rings is 2. The molecule has 4 heteroatoms. The Morgan fingerprint density at radius 3 is 2.59 bits per heavy atom. The molecule has 4 nitrogen and oxygen atoms in total. The molecule has 0 aliphatic carbocycles. The first-order valence-electron chi connectivity index (χ1n) is 10.6. The first-order valence-corrected chi connectivity index (χ1v) is 10.6. The van der Waals surface area contributed by atoms with E-state index in [1.54, 1.807) is 7.11 Å². The predicted molar refractivity (Wildman–Crippen MR) is 119 cm³/mol. The minimum absolute atomic E-state index is 0.0405. The Labute approximate surface area is 173 Å². The van der Waals surface area contributed by atoms with Gasteiger partial charge in [0, 0.05) is 17.5 Å². The number of carbonyl (C=O) groups excluding carboxylic acids is 1. The number of para-hydroxylation sites is 1. The molecule has 3 aromatic rings.